The second kappa shape index (κ2) is 36.6. The monoisotopic (exact) mass is 1670 g/mol. The normalized spacial score (nSPS) is 15.3. The maximum atomic E-state index is 13.0. The Labute approximate surface area is 741 Å². The van der Waals surface area contributed by atoms with Crippen LogP contribution in [0.5, 0.6) is 0 Å². The Morgan fingerprint density at radius 3 is 1.14 bits per heavy atom. The first kappa shape index (κ1) is 83.2. The molecule has 128 heavy (non-hydrogen) atoms. The van der Waals surface area contributed by atoms with Gasteiger partial charge in [0.2, 0.25) is 0 Å². The van der Waals surface area contributed by atoms with Crippen molar-refractivity contribution in [3.63, 3.8) is 0 Å². The molecule has 0 radical (unpaired) electrons. The molecule has 0 heterocycles. The SMILES string of the molecule is C=C(C)C(=O)OCC(=O)OC1Cc2cccc3cccc1c23.C=Cc1ccc(CC(=O)OC2Cc3cccc4cccc2c34)c2ccccc12.C=Cc1ccc(CC(=O)OC2Cc3cccc4cccc2c34)cc1.C=Cc1ccc2cc(C(=O)OC3Cc4cccc5cccc3c45)ccc2c1.C=Cc1cccc2c(C(=O)OC3Cc4cccc5cccc3c45)cccc12. The largest absolute Gasteiger partial charge is 0.457 e. The number of hydrogen-bond donors (Lipinski definition) is 0. The van der Waals surface area contributed by atoms with E-state index in [0.717, 1.165) is 130 Å². The van der Waals surface area contributed by atoms with Crippen LogP contribution in [-0.4, -0.2) is 42.4 Å². The van der Waals surface area contributed by atoms with Crippen molar-refractivity contribution in [3.8, 4) is 0 Å². The van der Waals surface area contributed by atoms with Gasteiger partial charge < -0.3 is 28.4 Å². The molecule has 626 valence electrons. The van der Waals surface area contributed by atoms with E-state index < -0.39 is 18.5 Å². The van der Waals surface area contributed by atoms with Crippen LogP contribution in [0, 0.1) is 0 Å². The Morgan fingerprint density at radius 1 is 0.312 bits per heavy atom. The maximum absolute atomic E-state index is 13.0. The van der Waals surface area contributed by atoms with Crippen LogP contribution in [0.1, 0.15) is 147 Å². The molecule has 5 unspecified atom stereocenters. The van der Waals surface area contributed by atoms with E-state index in [-0.39, 0.29) is 66.4 Å². The standard InChI is InChI=1S/C26H20O2.2C25H18O2.C22H18O2.C18H16O4/c1-2-17-13-14-19(22-11-4-3-10-21(17)22)16-25(27)28-24-15-20-9-5-7-18-8-6-12-23(24)26(18)20;1-2-16-7-4-12-20-19(16)11-6-13-21(20)25(26)27-23-15-18-10-3-8-17-9-5-14-22(23)24(17)18;1-2-16-9-10-19-14-21(12-11-18(19)13-16)25(26)27-23-15-20-7-3-5-17-6-4-8-22(23)24(17)20;1-2-15-9-11-16(12-10-15)13-21(23)24-20-14-18-7-3-5-17-6-4-8-19(20)22(17)18;1-11(2)18(20)21-10-16(19)22-15-9-13-7-3-5-12-6-4-8-14(15)17(12)13/h2-14,24H,1,15-16H2;2*2-14,23H,1,15H2;2-12,20H,1,13-14H2;3-8,15H,1,9-10H2,2H3. The van der Waals surface area contributed by atoms with Gasteiger partial charge in [-0.1, -0.05) is 348 Å². The second-order valence-electron chi connectivity index (χ2n) is 32.8. The fourth-order valence-corrected chi connectivity index (χ4v) is 18.8. The van der Waals surface area contributed by atoms with E-state index in [1.165, 1.54) is 77.8 Å². The maximum Gasteiger partial charge on any atom is 0.344 e. The molecule has 0 N–H and O–H groups in total. The van der Waals surface area contributed by atoms with E-state index in [9.17, 15) is 28.8 Å². The van der Waals surface area contributed by atoms with Crippen molar-refractivity contribution in [1.29, 1.82) is 0 Å². The van der Waals surface area contributed by atoms with Gasteiger partial charge in [0, 0.05) is 65.5 Å². The number of fused-ring (bicyclic) bond motifs is 3. The Balaban J connectivity index is 0.000000108. The van der Waals surface area contributed by atoms with Crippen LogP contribution in [0.3, 0.4) is 0 Å². The lowest BCUT2D eigenvalue weighted by atomic mass is 9.98. The van der Waals surface area contributed by atoms with E-state index in [1.807, 2.05) is 194 Å². The van der Waals surface area contributed by atoms with E-state index in [4.69, 9.17) is 28.4 Å². The van der Waals surface area contributed by atoms with Gasteiger partial charge in [-0.3, -0.25) is 9.59 Å². The van der Waals surface area contributed by atoms with Gasteiger partial charge in [-0.05, 0) is 179 Å². The molecule has 5 aliphatic rings. The predicted octanol–water partition coefficient (Wildman–Crippen LogP) is 26.2. The molecule has 0 spiro atoms. The van der Waals surface area contributed by atoms with Gasteiger partial charge in [0.15, 0.2) is 6.61 Å². The summed E-state index contributed by atoms with van der Waals surface area (Å²) in [5, 5.41) is 18.3. The molecule has 17 aromatic rings. The van der Waals surface area contributed by atoms with E-state index in [1.54, 1.807) is 6.08 Å². The summed E-state index contributed by atoms with van der Waals surface area (Å²) in [6.07, 6.45) is 10.3. The van der Waals surface area contributed by atoms with Crippen LogP contribution in [0.4, 0.5) is 0 Å². The number of hydrogen-bond acceptors (Lipinski definition) is 12. The molecular weight excluding hydrogens is 1590 g/mol. The van der Waals surface area contributed by atoms with E-state index >= 15 is 0 Å². The molecule has 22 rings (SSSR count). The first-order valence-electron chi connectivity index (χ1n) is 43.0. The summed E-state index contributed by atoms with van der Waals surface area (Å²) in [6.45, 7) is 19.9. The summed E-state index contributed by atoms with van der Waals surface area (Å²) < 4.78 is 33.9. The van der Waals surface area contributed by atoms with Crippen molar-refractivity contribution in [2.75, 3.05) is 6.61 Å². The Kier molecular flexibility index (Phi) is 23.8. The van der Waals surface area contributed by atoms with Crippen molar-refractivity contribution >= 4 is 146 Å². The highest BCUT2D eigenvalue weighted by Crippen LogP contribution is 2.45. The zero-order chi connectivity index (χ0) is 88.1. The summed E-state index contributed by atoms with van der Waals surface area (Å²) in [5.74, 6) is -2.07. The van der Waals surface area contributed by atoms with Crippen LogP contribution in [0.15, 0.2) is 354 Å². The number of carbonyl (C=O) groups excluding carboxylic acids is 6. The van der Waals surface area contributed by atoms with Crippen LogP contribution in [0.2, 0.25) is 0 Å². The number of ether oxygens (including phenoxy) is 6. The number of carbonyl (C=O) groups is 6. The zero-order valence-corrected chi connectivity index (χ0v) is 70.8. The average Bonchev–Trinajstić information content (AvgIpc) is 1.65. The minimum absolute atomic E-state index is 0.175. The highest BCUT2D eigenvalue weighted by molar-refractivity contribution is 6.07. The quantitative estimate of drug-likeness (QED) is 0.0455. The molecule has 0 fully saturated rings. The zero-order valence-electron chi connectivity index (χ0n) is 70.8. The fraction of sp³-hybridized carbons (Fsp3) is 0.121. The summed E-state index contributed by atoms with van der Waals surface area (Å²) in [6, 6.07) is 105. The highest BCUT2D eigenvalue weighted by Gasteiger charge is 2.34. The second-order valence-corrected chi connectivity index (χ2v) is 32.8. The van der Waals surface area contributed by atoms with Gasteiger partial charge in [0.25, 0.3) is 0 Å². The minimum Gasteiger partial charge on any atom is -0.457 e. The van der Waals surface area contributed by atoms with Crippen LogP contribution in [0.25, 0.3) is 110 Å². The third-order valence-electron chi connectivity index (χ3n) is 24.8. The number of rotatable bonds is 18. The molecule has 0 aliphatic heterocycles. The molecule has 0 saturated carbocycles. The molecule has 0 amide bonds. The lowest BCUT2D eigenvalue weighted by Crippen LogP contribution is -2.19. The summed E-state index contributed by atoms with van der Waals surface area (Å²) >= 11 is 0. The predicted molar refractivity (Wildman–Crippen MR) is 513 cm³/mol. The Morgan fingerprint density at radius 2 is 0.680 bits per heavy atom. The summed E-state index contributed by atoms with van der Waals surface area (Å²) in [4.78, 5) is 74.1. The molecule has 0 bridgehead atoms. The number of benzene rings is 17. The molecule has 5 aliphatic carbocycles. The summed E-state index contributed by atoms with van der Waals surface area (Å²) in [7, 11) is 0. The van der Waals surface area contributed by atoms with Crippen molar-refractivity contribution in [3.05, 3.63) is 454 Å². The molecule has 12 nitrogen and oxygen atoms in total. The molecule has 0 saturated heterocycles. The van der Waals surface area contributed by atoms with Crippen LogP contribution < -0.4 is 0 Å². The third kappa shape index (κ3) is 17.2. The molecule has 12 heteroatoms. The van der Waals surface area contributed by atoms with Gasteiger partial charge in [-0.15, -0.1) is 0 Å². The minimum atomic E-state index is -0.589. The van der Waals surface area contributed by atoms with Gasteiger partial charge in [0.05, 0.1) is 24.0 Å². The highest BCUT2D eigenvalue weighted by atomic mass is 16.6. The fourth-order valence-electron chi connectivity index (χ4n) is 18.8. The smallest absolute Gasteiger partial charge is 0.344 e. The molecular formula is C116H90O12. The van der Waals surface area contributed by atoms with Crippen molar-refractivity contribution in [1.82, 2.24) is 0 Å². The van der Waals surface area contributed by atoms with Crippen molar-refractivity contribution < 1.29 is 57.2 Å². The first-order valence-corrected chi connectivity index (χ1v) is 43.0. The third-order valence-corrected chi connectivity index (χ3v) is 24.8. The lowest BCUT2D eigenvalue weighted by Gasteiger charge is -2.15. The van der Waals surface area contributed by atoms with Crippen molar-refractivity contribution in [2.45, 2.75) is 82.4 Å². The van der Waals surface area contributed by atoms with Gasteiger partial charge in [-0.2, -0.15) is 0 Å². The van der Waals surface area contributed by atoms with Gasteiger partial charge in [-0.25, -0.2) is 19.2 Å². The molecule has 0 aromatic heterocycles. The van der Waals surface area contributed by atoms with E-state index in [2.05, 4.69) is 172 Å². The average molecular weight is 1680 g/mol. The molecule has 5 atom stereocenters. The van der Waals surface area contributed by atoms with Gasteiger partial charge >= 0.3 is 35.8 Å². The molecule has 17 aromatic carbocycles. The Bertz CT molecular complexity index is 7370. The summed E-state index contributed by atoms with van der Waals surface area (Å²) in [5.41, 5.74) is 19.2. The van der Waals surface area contributed by atoms with Crippen molar-refractivity contribution in [2.24, 2.45) is 0 Å². The van der Waals surface area contributed by atoms with E-state index in [0.29, 0.717) is 24.0 Å². The lowest BCUT2D eigenvalue weighted by molar-refractivity contribution is -0.160. The van der Waals surface area contributed by atoms with Crippen LogP contribution >= 0.6 is 0 Å². The Hall–Kier alpha value is -15.7. The number of esters is 6. The van der Waals surface area contributed by atoms with Crippen LogP contribution in [-0.2, 0) is 92.5 Å². The van der Waals surface area contributed by atoms with Gasteiger partial charge in [0.1, 0.15) is 30.5 Å². The first-order chi connectivity index (χ1) is 62.5. The topological polar surface area (TPSA) is 158 Å².